The van der Waals surface area contributed by atoms with Gasteiger partial charge in [0.25, 0.3) is 0 Å². The monoisotopic (exact) mass is 785 g/mol. The van der Waals surface area contributed by atoms with Gasteiger partial charge in [0.15, 0.2) is 0 Å². The highest BCUT2D eigenvalue weighted by Gasteiger charge is 2.12. The number of hydrogen-bond donors (Lipinski definition) is 0. The van der Waals surface area contributed by atoms with Gasteiger partial charge in [-0.1, -0.05) is 354 Å². The predicted molar refractivity (Wildman–Crippen MR) is 258 cm³/mol. The zero-order chi connectivity index (χ0) is 39.8. The lowest BCUT2D eigenvalue weighted by molar-refractivity contribution is 0.328. The van der Waals surface area contributed by atoms with E-state index >= 15 is 0 Å². The van der Waals surface area contributed by atoms with E-state index in [2.05, 4.69) is 6.92 Å². The highest BCUT2D eigenvalue weighted by Crippen LogP contribution is 2.28. The zero-order valence-corrected chi connectivity index (χ0v) is 39.8. The highest BCUT2D eigenvalue weighted by atomic mass is 14.2. The Kier molecular flexibility index (Phi) is 47.6. The van der Waals surface area contributed by atoms with Crippen LogP contribution >= 0.6 is 0 Å². The van der Waals surface area contributed by atoms with Crippen molar-refractivity contribution < 1.29 is 0 Å². The molecule has 336 valence electrons. The van der Waals surface area contributed by atoms with E-state index in [9.17, 15) is 0 Å². The van der Waals surface area contributed by atoms with E-state index < -0.39 is 0 Å². The Balaban J connectivity index is 1.59. The van der Waals surface area contributed by atoms with E-state index in [-0.39, 0.29) is 0 Å². The first-order valence-corrected chi connectivity index (χ1v) is 27.9. The van der Waals surface area contributed by atoms with E-state index in [1.165, 1.54) is 327 Å². The third-order valence-corrected chi connectivity index (χ3v) is 14.2. The van der Waals surface area contributed by atoms with Gasteiger partial charge in [0.05, 0.1) is 0 Å². The predicted octanol–water partition coefficient (Wildman–Crippen LogP) is 21.7. The molecule has 0 aromatic heterocycles. The molecule has 0 amide bonds. The van der Waals surface area contributed by atoms with Gasteiger partial charge in [-0.25, -0.2) is 0 Å². The van der Waals surface area contributed by atoms with Crippen molar-refractivity contribution in [3.63, 3.8) is 0 Å². The highest BCUT2D eigenvalue weighted by molar-refractivity contribution is 4.66. The maximum absolute atomic E-state index is 2.31. The number of unbranched alkanes of at least 4 members (excludes halogenated alkanes) is 47. The average Bonchev–Trinajstić information content (AvgIpc) is 3.22. The van der Waals surface area contributed by atoms with Crippen LogP contribution in [0.15, 0.2) is 0 Å². The third-order valence-electron chi connectivity index (χ3n) is 14.2. The van der Waals surface area contributed by atoms with Crippen molar-refractivity contribution in [2.75, 3.05) is 0 Å². The topological polar surface area (TPSA) is 0 Å². The van der Waals surface area contributed by atoms with Gasteiger partial charge in [0.1, 0.15) is 0 Å². The van der Waals surface area contributed by atoms with Crippen molar-refractivity contribution in [3.8, 4) is 0 Å². The van der Waals surface area contributed by atoms with E-state index in [4.69, 9.17) is 0 Å². The summed E-state index contributed by atoms with van der Waals surface area (Å²) in [6, 6.07) is 0. The standard InChI is InChI=1S/C56H112/c1-2-3-4-5-6-7-8-9-10-11-12-13-14-15-16-17-18-19-20-21-22-23-24-25-26-27-28-29-30-31-32-33-34-35-36-37-38-39-40-41-42-43-44-45-46-47-48-50-53-56-54-51-49-52-55-56/h56H,2-55H2,1H3. The van der Waals surface area contributed by atoms with Gasteiger partial charge in [-0.15, -0.1) is 0 Å². The largest absolute Gasteiger partial charge is 0.0654 e. The van der Waals surface area contributed by atoms with Crippen molar-refractivity contribution in [1.29, 1.82) is 0 Å². The molecule has 0 saturated heterocycles. The van der Waals surface area contributed by atoms with Crippen molar-refractivity contribution in [2.24, 2.45) is 5.92 Å². The molecule has 0 aromatic rings. The molecule has 0 N–H and O–H groups in total. The smallest absolute Gasteiger partial charge is 0.0414 e. The average molecular weight is 786 g/mol. The molecule has 0 aliphatic heterocycles. The summed E-state index contributed by atoms with van der Waals surface area (Å²) in [5.41, 5.74) is 0. The maximum atomic E-state index is 2.31. The third kappa shape index (κ3) is 45.1. The summed E-state index contributed by atoms with van der Waals surface area (Å²) >= 11 is 0. The Morgan fingerprint density at radius 3 is 0.536 bits per heavy atom. The van der Waals surface area contributed by atoms with Crippen LogP contribution in [0, 0.1) is 5.92 Å². The van der Waals surface area contributed by atoms with E-state index in [1.807, 2.05) is 0 Å². The lowest BCUT2D eigenvalue weighted by atomic mass is 9.85. The normalized spacial score (nSPS) is 13.7. The van der Waals surface area contributed by atoms with Gasteiger partial charge in [-0.3, -0.25) is 0 Å². The molecule has 1 aliphatic carbocycles. The van der Waals surface area contributed by atoms with Crippen molar-refractivity contribution in [3.05, 3.63) is 0 Å². The van der Waals surface area contributed by atoms with Crippen LogP contribution in [0.3, 0.4) is 0 Å². The fourth-order valence-corrected chi connectivity index (χ4v) is 10.1. The molecule has 0 atom stereocenters. The number of rotatable bonds is 49. The minimum atomic E-state index is 1.10. The SMILES string of the molecule is CCCCCCCCCCCCCCCCCCCCCCCCCCCCCCCCCCCCCCCCCCCCCCCCCCC1CCCCC1. The van der Waals surface area contributed by atoms with Crippen molar-refractivity contribution in [2.45, 2.75) is 354 Å². The van der Waals surface area contributed by atoms with E-state index in [1.54, 1.807) is 19.3 Å². The van der Waals surface area contributed by atoms with Crippen molar-refractivity contribution in [1.82, 2.24) is 0 Å². The van der Waals surface area contributed by atoms with Gasteiger partial charge < -0.3 is 0 Å². The molecule has 0 nitrogen and oxygen atoms in total. The Morgan fingerprint density at radius 1 is 0.196 bits per heavy atom. The summed E-state index contributed by atoms with van der Waals surface area (Å²) in [7, 11) is 0. The molecule has 1 fully saturated rings. The van der Waals surface area contributed by atoms with Crippen molar-refractivity contribution >= 4 is 0 Å². The minimum Gasteiger partial charge on any atom is -0.0654 e. The molecule has 0 heterocycles. The summed E-state index contributed by atoms with van der Waals surface area (Å²) in [6.45, 7) is 2.31. The molecule has 0 unspecified atom stereocenters. The molecule has 0 spiro atoms. The first-order valence-electron chi connectivity index (χ1n) is 27.9. The second kappa shape index (κ2) is 49.4. The van der Waals surface area contributed by atoms with Crippen LogP contribution in [0.25, 0.3) is 0 Å². The molecule has 1 aliphatic rings. The molecule has 0 aromatic carbocycles. The van der Waals surface area contributed by atoms with Gasteiger partial charge >= 0.3 is 0 Å². The Bertz CT molecular complexity index is 659. The zero-order valence-electron chi connectivity index (χ0n) is 39.8. The van der Waals surface area contributed by atoms with Crippen LogP contribution in [0.5, 0.6) is 0 Å². The van der Waals surface area contributed by atoms with Gasteiger partial charge in [0.2, 0.25) is 0 Å². The van der Waals surface area contributed by atoms with E-state index in [0.29, 0.717) is 0 Å². The van der Waals surface area contributed by atoms with Crippen LogP contribution in [0.1, 0.15) is 354 Å². The Hall–Kier alpha value is 0. The Morgan fingerprint density at radius 2 is 0.357 bits per heavy atom. The minimum absolute atomic E-state index is 1.10. The fraction of sp³-hybridized carbons (Fsp3) is 1.00. The first kappa shape index (κ1) is 54.0. The van der Waals surface area contributed by atoms with Crippen LogP contribution in [0.2, 0.25) is 0 Å². The Labute approximate surface area is 358 Å². The fourth-order valence-electron chi connectivity index (χ4n) is 10.1. The maximum Gasteiger partial charge on any atom is -0.0414 e. The molecule has 0 radical (unpaired) electrons. The first-order chi connectivity index (χ1) is 27.9. The van der Waals surface area contributed by atoms with Gasteiger partial charge in [-0.05, 0) is 5.92 Å². The quantitative estimate of drug-likeness (QED) is 0.0539. The van der Waals surface area contributed by atoms with Gasteiger partial charge in [-0.2, -0.15) is 0 Å². The van der Waals surface area contributed by atoms with Crippen LogP contribution in [0.4, 0.5) is 0 Å². The summed E-state index contributed by atoms with van der Waals surface area (Å²) in [5.74, 6) is 1.10. The second-order valence-corrected chi connectivity index (χ2v) is 19.9. The summed E-state index contributed by atoms with van der Waals surface area (Å²) < 4.78 is 0. The van der Waals surface area contributed by atoms with Crippen LogP contribution < -0.4 is 0 Å². The summed E-state index contributed by atoms with van der Waals surface area (Å²) in [4.78, 5) is 0. The molecule has 0 heteroatoms. The lowest BCUT2D eigenvalue weighted by Gasteiger charge is -2.21. The van der Waals surface area contributed by atoms with E-state index in [0.717, 1.165) is 5.92 Å². The second-order valence-electron chi connectivity index (χ2n) is 19.9. The van der Waals surface area contributed by atoms with Gasteiger partial charge in [0, 0.05) is 0 Å². The molecular formula is C56H112. The molecule has 56 heavy (non-hydrogen) atoms. The summed E-state index contributed by atoms with van der Waals surface area (Å²) in [6.07, 6.45) is 80.9. The number of hydrogen-bond acceptors (Lipinski definition) is 0. The van der Waals surface area contributed by atoms with Crippen LogP contribution in [-0.2, 0) is 0 Å². The molecule has 1 rings (SSSR count). The molecule has 1 saturated carbocycles. The molecular weight excluding hydrogens is 673 g/mol. The molecule has 0 bridgehead atoms. The summed E-state index contributed by atoms with van der Waals surface area (Å²) in [5, 5.41) is 0. The van der Waals surface area contributed by atoms with Crippen LogP contribution in [-0.4, -0.2) is 0 Å². The lowest BCUT2D eigenvalue weighted by Crippen LogP contribution is -2.05.